The third kappa shape index (κ3) is 2.94. The van der Waals surface area contributed by atoms with Gasteiger partial charge in [0.2, 0.25) is 0 Å². The summed E-state index contributed by atoms with van der Waals surface area (Å²) in [6.45, 7) is 4.31. The molecule has 2 aromatic carbocycles. The van der Waals surface area contributed by atoms with Gasteiger partial charge in [-0.05, 0) is 25.0 Å². The Bertz CT molecular complexity index is 759. The molecular weight excluding hydrogens is 342 g/mol. The van der Waals surface area contributed by atoms with Crippen LogP contribution in [0.2, 0.25) is 0 Å². The van der Waals surface area contributed by atoms with Gasteiger partial charge >= 0.3 is 0 Å². The van der Waals surface area contributed by atoms with Gasteiger partial charge in [0.1, 0.15) is 5.01 Å². The first-order chi connectivity index (χ1) is 10.2. The Morgan fingerprint density at radius 3 is 2.43 bits per heavy atom. The second-order valence-corrected chi connectivity index (χ2v) is 7.01. The van der Waals surface area contributed by atoms with Crippen LogP contribution in [-0.4, -0.2) is 4.98 Å². The Hall–Kier alpha value is -1.45. The summed E-state index contributed by atoms with van der Waals surface area (Å²) < 4.78 is 1.09. The maximum atomic E-state index is 4.86. The highest BCUT2D eigenvalue weighted by Gasteiger charge is 2.13. The lowest BCUT2D eigenvalue weighted by Crippen LogP contribution is -1.83. The minimum absolute atomic E-state index is 1.07. The molecule has 0 saturated carbocycles. The van der Waals surface area contributed by atoms with Crippen LogP contribution in [0.5, 0.6) is 0 Å². The Morgan fingerprint density at radius 2 is 1.76 bits per heavy atom. The molecule has 3 rings (SSSR count). The Kier molecular flexibility index (Phi) is 4.22. The zero-order valence-corrected chi connectivity index (χ0v) is 14.5. The predicted molar refractivity (Wildman–Crippen MR) is 94.8 cm³/mol. The van der Waals surface area contributed by atoms with E-state index in [0.29, 0.717) is 0 Å². The smallest absolute Gasteiger partial charge is 0.124 e. The molecule has 0 radical (unpaired) electrons. The first-order valence-corrected chi connectivity index (χ1v) is 8.61. The molecule has 0 atom stereocenters. The topological polar surface area (TPSA) is 12.9 Å². The van der Waals surface area contributed by atoms with Crippen LogP contribution in [0.3, 0.4) is 0 Å². The highest BCUT2D eigenvalue weighted by atomic mass is 79.9. The molecule has 1 nitrogen and oxygen atoms in total. The summed E-state index contributed by atoms with van der Waals surface area (Å²) in [4.78, 5) is 6.10. The van der Waals surface area contributed by atoms with E-state index in [9.17, 15) is 0 Å². The molecule has 106 valence electrons. The molecule has 3 aromatic rings. The van der Waals surface area contributed by atoms with Crippen LogP contribution in [0, 0.1) is 6.92 Å². The van der Waals surface area contributed by atoms with E-state index in [1.807, 2.05) is 6.07 Å². The molecule has 0 unspecified atom stereocenters. The highest BCUT2D eigenvalue weighted by Crippen LogP contribution is 2.36. The van der Waals surface area contributed by atoms with Crippen LogP contribution in [0.15, 0.2) is 53.0 Å². The van der Waals surface area contributed by atoms with Gasteiger partial charge in [-0.25, -0.2) is 4.98 Å². The van der Waals surface area contributed by atoms with Crippen molar-refractivity contribution in [1.29, 1.82) is 0 Å². The fraction of sp³-hybridized carbons (Fsp3) is 0.167. The van der Waals surface area contributed by atoms with E-state index in [0.717, 1.165) is 27.2 Å². The molecule has 0 aliphatic rings. The summed E-state index contributed by atoms with van der Waals surface area (Å²) in [6, 6.07) is 16.9. The lowest BCUT2D eigenvalue weighted by atomic mass is 10.1. The molecule has 0 fully saturated rings. The summed E-state index contributed by atoms with van der Waals surface area (Å²) in [5.74, 6) is 0. The van der Waals surface area contributed by atoms with Gasteiger partial charge in [0.15, 0.2) is 0 Å². The number of rotatable bonds is 3. The maximum absolute atomic E-state index is 4.86. The Balaban J connectivity index is 2.03. The Labute approximate surface area is 137 Å². The van der Waals surface area contributed by atoms with E-state index < -0.39 is 0 Å². The molecule has 0 bridgehead atoms. The van der Waals surface area contributed by atoms with Crippen LogP contribution < -0.4 is 0 Å². The largest absolute Gasteiger partial charge is 0.236 e. The zero-order valence-electron chi connectivity index (χ0n) is 12.1. The number of hydrogen-bond acceptors (Lipinski definition) is 2. The van der Waals surface area contributed by atoms with Gasteiger partial charge in [-0.3, -0.25) is 0 Å². The summed E-state index contributed by atoms with van der Waals surface area (Å²) >= 11 is 5.37. The molecule has 3 heteroatoms. The van der Waals surface area contributed by atoms with Crippen LogP contribution >= 0.6 is 27.3 Å². The van der Waals surface area contributed by atoms with Crippen LogP contribution in [0.4, 0.5) is 0 Å². The molecule has 0 spiro atoms. The number of benzene rings is 2. The van der Waals surface area contributed by atoms with Crippen LogP contribution in [0.25, 0.3) is 21.8 Å². The average Bonchev–Trinajstić information content (AvgIpc) is 2.90. The third-order valence-corrected chi connectivity index (χ3v) is 5.25. The molecule has 21 heavy (non-hydrogen) atoms. The number of aromatic nitrogens is 1. The summed E-state index contributed by atoms with van der Waals surface area (Å²) in [7, 11) is 0. The Morgan fingerprint density at radius 1 is 1.05 bits per heavy atom. The second-order valence-electron chi connectivity index (χ2n) is 4.95. The fourth-order valence-corrected chi connectivity index (χ4v) is 3.71. The van der Waals surface area contributed by atoms with Crippen molar-refractivity contribution < 1.29 is 0 Å². The van der Waals surface area contributed by atoms with Crippen molar-refractivity contribution in [2.75, 3.05) is 0 Å². The monoisotopic (exact) mass is 357 g/mol. The summed E-state index contributed by atoms with van der Waals surface area (Å²) in [6.07, 6.45) is 1.07. The van der Waals surface area contributed by atoms with Gasteiger partial charge in [0.05, 0.1) is 5.69 Å². The normalized spacial score (nSPS) is 10.8. The first kappa shape index (κ1) is 14.5. The van der Waals surface area contributed by atoms with E-state index in [1.165, 1.54) is 16.0 Å². The predicted octanol–water partition coefficient (Wildman–Crippen LogP) is 6.11. The number of thiazole rings is 1. The number of halogens is 1. The van der Waals surface area contributed by atoms with Crippen molar-refractivity contribution >= 4 is 27.3 Å². The number of aryl methyl sites for hydroxylation is 2. The van der Waals surface area contributed by atoms with Crippen molar-refractivity contribution in [3.05, 3.63) is 63.4 Å². The van der Waals surface area contributed by atoms with E-state index in [2.05, 4.69) is 72.2 Å². The molecule has 0 N–H and O–H groups in total. The first-order valence-electron chi connectivity index (χ1n) is 7.00. The second kappa shape index (κ2) is 6.12. The van der Waals surface area contributed by atoms with Gasteiger partial charge in [-0.15, -0.1) is 11.3 Å². The lowest BCUT2D eigenvalue weighted by molar-refractivity contribution is 1.14. The summed E-state index contributed by atoms with van der Waals surface area (Å²) in [5.41, 5.74) is 4.78. The van der Waals surface area contributed by atoms with Gasteiger partial charge in [0.25, 0.3) is 0 Å². The SMILES string of the molecule is CCc1ccc(-c2nc(-c3ccccc3Br)c(C)s2)cc1. The van der Waals surface area contributed by atoms with Gasteiger partial charge in [0, 0.05) is 20.5 Å². The van der Waals surface area contributed by atoms with Gasteiger partial charge in [-0.2, -0.15) is 0 Å². The minimum atomic E-state index is 1.07. The van der Waals surface area contributed by atoms with E-state index in [-0.39, 0.29) is 0 Å². The van der Waals surface area contributed by atoms with E-state index in [4.69, 9.17) is 4.98 Å². The molecule has 1 aromatic heterocycles. The fourth-order valence-electron chi connectivity index (χ4n) is 2.31. The quantitative estimate of drug-likeness (QED) is 0.550. The van der Waals surface area contributed by atoms with Crippen LogP contribution in [0.1, 0.15) is 17.4 Å². The number of nitrogens with zero attached hydrogens (tertiary/aromatic N) is 1. The third-order valence-electron chi connectivity index (χ3n) is 3.53. The van der Waals surface area contributed by atoms with Crippen molar-refractivity contribution in [2.45, 2.75) is 20.3 Å². The molecule has 0 saturated heterocycles. The van der Waals surface area contributed by atoms with Crippen molar-refractivity contribution in [3.63, 3.8) is 0 Å². The summed E-state index contributed by atoms with van der Waals surface area (Å²) in [5, 5.41) is 1.08. The maximum Gasteiger partial charge on any atom is 0.124 e. The number of hydrogen-bond donors (Lipinski definition) is 0. The van der Waals surface area contributed by atoms with E-state index in [1.54, 1.807) is 11.3 Å². The molecule has 0 amide bonds. The van der Waals surface area contributed by atoms with Gasteiger partial charge in [-0.1, -0.05) is 65.3 Å². The molecular formula is C18H16BrNS. The van der Waals surface area contributed by atoms with Crippen molar-refractivity contribution in [1.82, 2.24) is 4.98 Å². The molecule has 1 heterocycles. The van der Waals surface area contributed by atoms with Crippen LogP contribution in [-0.2, 0) is 6.42 Å². The standard InChI is InChI=1S/C18H16BrNS/c1-3-13-8-10-14(11-9-13)18-20-17(12(2)21-18)15-6-4-5-7-16(15)19/h4-11H,3H2,1-2H3. The average molecular weight is 358 g/mol. The van der Waals surface area contributed by atoms with Crippen molar-refractivity contribution in [2.24, 2.45) is 0 Å². The lowest BCUT2D eigenvalue weighted by Gasteiger charge is -2.01. The highest BCUT2D eigenvalue weighted by molar-refractivity contribution is 9.10. The van der Waals surface area contributed by atoms with Gasteiger partial charge < -0.3 is 0 Å². The van der Waals surface area contributed by atoms with Crippen molar-refractivity contribution in [3.8, 4) is 21.8 Å². The van der Waals surface area contributed by atoms with E-state index >= 15 is 0 Å². The zero-order chi connectivity index (χ0) is 14.8. The minimum Gasteiger partial charge on any atom is -0.236 e. The molecule has 0 aliphatic heterocycles. The molecule has 0 aliphatic carbocycles.